The van der Waals surface area contributed by atoms with E-state index in [9.17, 15) is 10.0 Å². The predicted molar refractivity (Wildman–Crippen MR) is 110 cm³/mol. The summed E-state index contributed by atoms with van der Waals surface area (Å²) in [5.74, 6) is 0.535. The molecule has 0 aliphatic heterocycles. The number of pyridine rings is 1. The highest BCUT2D eigenvalue weighted by atomic mass is 16.5. The molecule has 28 heavy (non-hydrogen) atoms. The normalized spacial score (nSPS) is 10.5. The van der Waals surface area contributed by atoms with E-state index in [0.29, 0.717) is 29.9 Å². The highest BCUT2D eigenvalue weighted by Gasteiger charge is 2.08. The van der Waals surface area contributed by atoms with E-state index in [1.165, 1.54) is 12.4 Å². The molecule has 1 N–H and O–H groups in total. The van der Waals surface area contributed by atoms with Crippen molar-refractivity contribution in [3.05, 3.63) is 90.4 Å². The summed E-state index contributed by atoms with van der Waals surface area (Å²) in [4.78, 5) is 14.2. The molecule has 1 aromatic heterocycles. The smallest absolute Gasteiger partial charge is 0.257 e. The number of carbonyl (C=O) groups excluding carboxylic acids is 1. The first-order valence-corrected chi connectivity index (χ1v) is 9.25. The van der Waals surface area contributed by atoms with Gasteiger partial charge in [-0.1, -0.05) is 24.3 Å². The Bertz CT molecular complexity index is 782. The lowest BCUT2D eigenvalue weighted by atomic mass is 10.2. The van der Waals surface area contributed by atoms with Crippen molar-refractivity contribution in [3.63, 3.8) is 0 Å². The SMILES string of the molecule is C=CCN(CC=C)Cc1cccc(OCCCNC(=O)c2ccc[n+]([O-])c2)c1. The van der Waals surface area contributed by atoms with E-state index in [1.807, 2.05) is 30.4 Å². The second kappa shape index (κ2) is 11.6. The van der Waals surface area contributed by atoms with E-state index in [-0.39, 0.29) is 5.91 Å². The summed E-state index contributed by atoms with van der Waals surface area (Å²) in [7, 11) is 0. The summed E-state index contributed by atoms with van der Waals surface area (Å²) >= 11 is 0. The summed E-state index contributed by atoms with van der Waals surface area (Å²) in [5, 5.41) is 14.0. The Labute approximate surface area is 166 Å². The summed E-state index contributed by atoms with van der Waals surface area (Å²) in [6.07, 6.45) is 7.01. The van der Waals surface area contributed by atoms with Crippen LogP contribution in [0.15, 0.2) is 74.1 Å². The zero-order valence-corrected chi connectivity index (χ0v) is 16.0. The molecule has 0 unspecified atom stereocenters. The molecule has 0 aliphatic rings. The Kier molecular flexibility index (Phi) is 8.75. The Balaban J connectivity index is 1.74. The van der Waals surface area contributed by atoms with Crippen molar-refractivity contribution in [2.45, 2.75) is 13.0 Å². The molecule has 1 amide bonds. The minimum absolute atomic E-state index is 0.267. The third-order valence-electron chi connectivity index (χ3n) is 3.99. The maximum absolute atomic E-state index is 12.0. The maximum atomic E-state index is 12.0. The van der Waals surface area contributed by atoms with Gasteiger partial charge in [0.05, 0.1) is 6.61 Å². The molecule has 148 valence electrons. The molecule has 2 aromatic rings. The molecule has 0 saturated carbocycles. The molecule has 0 saturated heterocycles. The van der Waals surface area contributed by atoms with Gasteiger partial charge < -0.3 is 15.3 Å². The second-order valence-electron chi connectivity index (χ2n) is 6.33. The van der Waals surface area contributed by atoms with Gasteiger partial charge in [-0.15, -0.1) is 13.2 Å². The van der Waals surface area contributed by atoms with Crippen LogP contribution in [-0.2, 0) is 6.54 Å². The van der Waals surface area contributed by atoms with Crippen molar-refractivity contribution >= 4 is 5.91 Å². The van der Waals surface area contributed by atoms with Gasteiger partial charge in [-0.25, -0.2) is 0 Å². The number of hydrogen-bond acceptors (Lipinski definition) is 4. The molecular weight excluding hydrogens is 354 g/mol. The number of aromatic nitrogens is 1. The molecule has 1 aromatic carbocycles. The molecular formula is C22H27N3O3. The van der Waals surface area contributed by atoms with Crippen molar-refractivity contribution < 1.29 is 14.3 Å². The van der Waals surface area contributed by atoms with Crippen LogP contribution in [-0.4, -0.2) is 37.0 Å². The first kappa shape index (κ1) is 21.2. The van der Waals surface area contributed by atoms with E-state index in [0.717, 1.165) is 30.9 Å². The van der Waals surface area contributed by atoms with Crippen LogP contribution in [0.5, 0.6) is 5.75 Å². The molecule has 2 rings (SSSR count). The number of ether oxygens (including phenoxy) is 1. The van der Waals surface area contributed by atoms with E-state index in [2.05, 4.69) is 29.4 Å². The van der Waals surface area contributed by atoms with Gasteiger partial charge >= 0.3 is 0 Å². The number of nitrogens with zero attached hydrogens (tertiary/aromatic N) is 2. The second-order valence-corrected chi connectivity index (χ2v) is 6.33. The summed E-state index contributed by atoms with van der Waals surface area (Å²) in [6.45, 7) is 10.9. The Morgan fingerprint density at radius 1 is 1.21 bits per heavy atom. The molecule has 1 heterocycles. The van der Waals surface area contributed by atoms with Crippen molar-refractivity contribution in [1.82, 2.24) is 10.2 Å². The van der Waals surface area contributed by atoms with Crippen LogP contribution in [0.2, 0.25) is 0 Å². The Hall–Kier alpha value is -3.12. The molecule has 0 atom stereocenters. The van der Waals surface area contributed by atoms with Gasteiger partial charge in [-0.05, 0) is 30.2 Å². The standard InChI is InChI=1S/C22H27N3O3/c1-3-12-24(13-4-2)17-19-8-5-10-21(16-19)28-15-7-11-23-22(26)20-9-6-14-25(27)18-20/h3-6,8-10,14,16,18H,1-2,7,11-13,15,17H2,(H,23,26). The van der Waals surface area contributed by atoms with Gasteiger partial charge in [-0.2, -0.15) is 4.73 Å². The van der Waals surface area contributed by atoms with Crippen LogP contribution in [0.1, 0.15) is 22.3 Å². The average Bonchev–Trinajstić information content (AvgIpc) is 2.68. The van der Waals surface area contributed by atoms with Crippen LogP contribution < -0.4 is 14.8 Å². The van der Waals surface area contributed by atoms with E-state index >= 15 is 0 Å². The number of hydrogen-bond donors (Lipinski definition) is 1. The highest BCUT2D eigenvalue weighted by Crippen LogP contribution is 2.15. The number of benzene rings is 1. The quantitative estimate of drug-likeness (QED) is 0.266. The average molecular weight is 381 g/mol. The van der Waals surface area contributed by atoms with Gasteiger partial charge in [0, 0.05) is 32.2 Å². The first-order valence-electron chi connectivity index (χ1n) is 9.25. The molecule has 0 aliphatic carbocycles. The van der Waals surface area contributed by atoms with Gasteiger partial charge in [0.2, 0.25) is 0 Å². The van der Waals surface area contributed by atoms with E-state index < -0.39 is 0 Å². The minimum atomic E-state index is -0.267. The molecule has 0 spiro atoms. The van der Waals surface area contributed by atoms with Crippen LogP contribution in [0.25, 0.3) is 0 Å². The lowest BCUT2D eigenvalue weighted by Crippen LogP contribution is -2.30. The van der Waals surface area contributed by atoms with Gasteiger partial charge in [0.15, 0.2) is 12.4 Å². The number of nitrogens with one attached hydrogen (secondary N) is 1. The summed E-state index contributed by atoms with van der Waals surface area (Å²) < 4.78 is 6.40. The maximum Gasteiger partial charge on any atom is 0.257 e. The zero-order chi connectivity index (χ0) is 20.2. The summed E-state index contributed by atoms with van der Waals surface area (Å²) in [5.41, 5.74) is 1.50. The van der Waals surface area contributed by atoms with Crippen LogP contribution >= 0.6 is 0 Å². The molecule has 0 radical (unpaired) electrons. The van der Waals surface area contributed by atoms with Crippen molar-refractivity contribution in [3.8, 4) is 5.75 Å². The van der Waals surface area contributed by atoms with Gasteiger partial charge in [-0.3, -0.25) is 9.69 Å². The van der Waals surface area contributed by atoms with Crippen LogP contribution in [0.4, 0.5) is 0 Å². The fraction of sp³-hybridized carbons (Fsp3) is 0.273. The Morgan fingerprint density at radius 2 is 2.00 bits per heavy atom. The predicted octanol–water partition coefficient (Wildman–Crippen LogP) is 2.69. The summed E-state index contributed by atoms with van der Waals surface area (Å²) in [6, 6.07) is 11.1. The van der Waals surface area contributed by atoms with Crippen LogP contribution in [0.3, 0.4) is 0 Å². The van der Waals surface area contributed by atoms with Gasteiger partial charge in [0.1, 0.15) is 11.3 Å². The fourth-order valence-electron chi connectivity index (χ4n) is 2.72. The molecule has 0 fully saturated rings. The molecule has 6 heteroatoms. The number of amides is 1. The van der Waals surface area contributed by atoms with E-state index in [1.54, 1.807) is 12.1 Å². The minimum Gasteiger partial charge on any atom is -0.619 e. The van der Waals surface area contributed by atoms with E-state index in [4.69, 9.17) is 4.74 Å². The largest absolute Gasteiger partial charge is 0.619 e. The number of rotatable bonds is 12. The lowest BCUT2D eigenvalue weighted by Gasteiger charge is -2.19. The van der Waals surface area contributed by atoms with Crippen LogP contribution in [0, 0.1) is 5.21 Å². The third kappa shape index (κ3) is 7.25. The molecule has 0 bridgehead atoms. The fourth-order valence-corrected chi connectivity index (χ4v) is 2.72. The third-order valence-corrected chi connectivity index (χ3v) is 3.99. The zero-order valence-electron chi connectivity index (χ0n) is 16.0. The van der Waals surface area contributed by atoms with Crippen molar-refractivity contribution in [2.24, 2.45) is 0 Å². The first-order chi connectivity index (χ1) is 13.6. The lowest BCUT2D eigenvalue weighted by molar-refractivity contribution is -0.605. The Morgan fingerprint density at radius 3 is 2.71 bits per heavy atom. The molecule has 6 nitrogen and oxygen atoms in total. The highest BCUT2D eigenvalue weighted by molar-refractivity contribution is 5.93. The monoisotopic (exact) mass is 381 g/mol. The number of carbonyl (C=O) groups is 1. The van der Waals surface area contributed by atoms with Gasteiger partial charge in [0.25, 0.3) is 5.91 Å². The topological polar surface area (TPSA) is 68.5 Å². The van der Waals surface area contributed by atoms with Crippen molar-refractivity contribution in [1.29, 1.82) is 0 Å². The van der Waals surface area contributed by atoms with Crippen molar-refractivity contribution in [2.75, 3.05) is 26.2 Å².